The molecule has 0 bridgehead atoms. The highest BCUT2D eigenvalue weighted by molar-refractivity contribution is 6.30. The average Bonchev–Trinajstić information content (AvgIpc) is 2.30. The highest BCUT2D eigenvalue weighted by Gasteiger charge is 2.21. The second-order valence-electron chi connectivity index (χ2n) is 3.64. The summed E-state index contributed by atoms with van der Waals surface area (Å²) in [6.45, 7) is 0. The molecule has 0 aliphatic carbocycles. The minimum atomic E-state index is -0.560. The highest BCUT2D eigenvalue weighted by Crippen LogP contribution is 2.24. The number of carbonyl (C=O) groups excluding carboxylic acids is 1. The number of pyridine rings is 1. The molecular weight excluding hydrogens is 236 g/mol. The van der Waals surface area contributed by atoms with Crippen molar-refractivity contribution in [3.05, 3.63) is 64.9 Å². The molecule has 4 heteroatoms. The van der Waals surface area contributed by atoms with Crippen molar-refractivity contribution >= 4 is 17.5 Å². The molecule has 2 N–H and O–H groups in total. The van der Waals surface area contributed by atoms with Crippen molar-refractivity contribution in [3.8, 4) is 0 Å². The fourth-order valence-corrected chi connectivity index (χ4v) is 1.91. The third kappa shape index (κ3) is 2.63. The molecule has 17 heavy (non-hydrogen) atoms. The summed E-state index contributed by atoms with van der Waals surface area (Å²) in [5.41, 5.74) is 6.81. The third-order valence-electron chi connectivity index (χ3n) is 2.45. The van der Waals surface area contributed by atoms with Crippen molar-refractivity contribution < 1.29 is 4.79 Å². The fourth-order valence-electron chi connectivity index (χ4n) is 1.71. The second kappa shape index (κ2) is 4.97. The van der Waals surface area contributed by atoms with Gasteiger partial charge in [0.15, 0.2) is 0 Å². The molecule has 0 aliphatic heterocycles. The lowest BCUT2D eigenvalue weighted by Gasteiger charge is -2.13. The van der Waals surface area contributed by atoms with Crippen LogP contribution in [0.2, 0.25) is 5.02 Å². The van der Waals surface area contributed by atoms with Crippen LogP contribution in [0.1, 0.15) is 17.2 Å². The Morgan fingerprint density at radius 2 is 2.06 bits per heavy atom. The maximum atomic E-state index is 11.6. The predicted molar refractivity (Wildman–Crippen MR) is 66.7 cm³/mol. The van der Waals surface area contributed by atoms with Gasteiger partial charge in [-0.25, -0.2) is 0 Å². The minimum Gasteiger partial charge on any atom is -0.369 e. The van der Waals surface area contributed by atoms with E-state index in [9.17, 15) is 4.79 Å². The fraction of sp³-hybridized carbons (Fsp3) is 0.0769. The van der Waals surface area contributed by atoms with Crippen molar-refractivity contribution in [2.45, 2.75) is 5.92 Å². The minimum absolute atomic E-state index is 0.439. The SMILES string of the molecule is NC(=O)[C@@H](c1cccc(Cl)c1)c1ccccn1. The number of halogens is 1. The number of hydrogen-bond acceptors (Lipinski definition) is 2. The first-order valence-corrected chi connectivity index (χ1v) is 5.52. The number of aromatic nitrogens is 1. The Morgan fingerprint density at radius 3 is 2.65 bits per heavy atom. The van der Waals surface area contributed by atoms with Crippen molar-refractivity contribution in [3.63, 3.8) is 0 Å². The zero-order valence-corrected chi connectivity index (χ0v) is 9.76. The summed E-state index contributed by atoms with van der Waals surface area (Å²) >= 11 is 5.91. The molecule has 1 amide bonds. The first-order valence-electron chi connectivity index (χ1n) is 5.14. The molecule has 1 aromatic heterocycles. The molecule has 0 spiro atoms. The monoisotopic (exact) mass is 246 g/mol. The van der Waals surface area contributed by atoms with E-state index in [-0.39, 0.29) is 0 Å². The van der Waals surface area contributed by atoms with Crippen LogP contribution < -0.4 is 5.73 Å². The number of carbonyl (C=O) groups is 1. The maximum Gasteiger partial charge on any atom is 0.231 e. The molecule has 0 radical (unpaired) electrons. The number of benzene rings is 1. The normalized spacial score (nSPS) is 12.1. The van der Waals surface area contributed by atoms with E-state index in [0.717, 1.165) is 5.56 Å². The largest absolute Gasteiger partial charge is 0.369 e. The number of primary amides is 1. The molecule has 0 saturated heterocycles. The Kier molecular flexibility index (Phi) is 3.40. The number of nitrogens with zero attached hydrogens (tertiary/aromatic N) is 1. The van der Waals surface area contributed by atoms with Gasteiger partial charge in [0.2, 0.25) is 5.91 Å². The summed E-state index contributed by atoms with van der Waals surface area (Å²) in [6.07, 6.45) is 1.63. The molecule has 0 unspecified atom stereocenters. The van der Waals surface area contributed by atoms with Gasteiger partial charge in [0.05, 0.1) is 5.69 Å². The van der Waals surface area contributed by atoms with Crippen LogP contribution in [0.3, 0.4) is 0 Å². The summed E-state index contributed by atoms with van der Waals surface area (Å²) in [4.78, 5) is 15.7. The summed E-state index contributed by atoms with van der Waals surface area (Å²) < 4.78 is 0. The van der Waals surface area contributed by atoms with Gasteiger partial charge in [0.25, 0.3) is 0 Å². The summed E-state index contributed by atoms with van der Waals surface area (Å²) in [6, 6.07) is 12.5. The van der Waals surface area contributed by atoms with Crippen molar-refractivity contribution in [1.29, 1.82) is 0 Å². The van der Waals surface area contributed by atoms with E-state index in [1.807, 2.05) is 12.1 Å². The smallest absolute Gasteiger partial charge is 0.231 e. The van der Waals surface area contributed by atoms with Gasteiger partial charge in [-0.3, -0.25) is 9.78 Å². The Hall–Kier alpha value is -1.87. The lowest BCUT2D eigenvalue weighted by atomic mass is 9.94. The van der Waals surface area contributed by atoms with Crippen molar-refractivity contribution in [1.82, 2.24) is 4.98 Å². The Balaban J connectivity index is 2.47. The molecule has 1 aromatic carbocycles. The van der Waals surface area contributed by atoms with Crippen LogP contribution >= 0.6 is 11.6 Å². The van der Waals surface area contributed by atoms with Gasteiger partial charge in [-0.05, 0) is 29.8 Å². The van der Waals surface area contributed by atoms with Gasteiger partial charge in [-0.2, -0.15) is 0 Å². The van der Waals surface area contributed by atoms with E-state index >= 15 is 0 Å². The van der Waals surface area contributed by atoms with Crippen LogP contribution in [0.4, 0.5) is 0 Å². The quantitative estimate of drug-likeness (QED) is 0.904. The van der Waals surface area contributed by atoms with Gasteiger partial charge >= 0.3 is 0 Å². The van der Waals surface area contributed by atoms with Gasteiger partial charge in [-0.1, -0.05) is 29.8 Å². The molecule has 0 saturated carbocycles. The standard InChI is InChI=1S/C13H11ClN2O/c14-10-5-3-4-9(8-10)12(13(15)17)11-6-1-2-7-16-11/h1-8,12H,(H2,15,17)/t12-/m0/s1. The Labute approximate surface area is 104 Å². The van der Waals surface area contributed by atoms with E-state index in [1.54, 1.807) is 36.5 Å². The Bertz CT molecular complexity index is 528. The van der Waals surface area contributed by atoms with Crippen LogP contribution in [0, 0.1) is 0 Å². The van der Waals surface area contributed by atoms with Crippen molar-refractivity contribution in [2.24, 2.45) is 5.73 Å². The molecule has 1 atom stereocenters. The van der Waals surface area contributed by atoms with E-state index < -0.39 is 11.8 Å². The van der Waals surface area contributed by atoms with E-state index in [0.29, 0.717) is 10.7 Å². The third-order valence-corrected chi connectivity index (χ3v) is 2.69. The molecule has 2 aromatic rings. The summed E-state index contributed by atoms with van der Waals surface area (Å²) in [5.74, 6) is -0.999. The van der Waals surface area contributed by atoms with Gasteiger partial charge in [-0.15, -0.1) is 0 Å². The van der Waals surface area contributed by atoms with Crippen molar-refractivity contribution in [2.75, 3.05) is 0 Å². The van der Waals surface area contributed by atoms with Gasteiger partial charge < -0.3 is 5.73 Å². The van der Waals surface area contributed by atoms with Crippen LogP contribution in [0.15, 0.2) is 48.7 Å². The number of amides is 1. The number of rotatable bonds is 3. The van der Waals surface area contributed by atoms with E-state index in [1.165, 1.54) is 0 Å². The predicted octanol–water partition coefficient (Wildman–Crippen LogP) is 2.35. The molecule has 86 valence electrons. The van der Waals surface area contributed by atoms with E-state index in [2.05, 4.69) is 4.98 Å². The maximum absolute atomic E-state index is 11.6. The summed E-state index contributed by atoms with van der Waals surface area (Å²) in [7, 11) is 0. The zero-order valence-electron chi connectivity index (χ0n) is 9.01. The lowest BCUT2D eigenvalue weighted by molar-refractivity contribution is -0.118. The van der Waals surface area contributed by atoms with Crippen LogP contribution in [0.25, 0.3) is 0 Å². The van der Waals surface area contributed by atoms with Gasteiger partial charge in [0.1, 0.15) is 5.92 Å². The van der Waals surface area contributed by atoms with Crippen LogP contribution in [-0.4, -0.2) is 10.9 Å². The molecule has 2 rings (SSSR count). The topological polar surface area (TPSA) is 56.0 Å². The Morgan fingerprint density at radius 1 is 1.24 bits per heavy atom. The number of nitrogens with two attached hydrogens (primary N) is 1. The second-order valence-corrected chi connectivity index (χ2v) is 4.08. The van der Waals surface area contributed by atoms with Crippen LogP contribution in [-0.2, 0) is 4.79 Å². The number of hydrogen-bond donors (Lipinski definition) is 1. The first-order chi connectivity index (χ1) is 8.18. The lowest BCUT2D eigenvalue weighted by Crippen LogP contribution is -2.23. The summed E-state index contributed by atoms with van der Waals surface area (Å²) in [5, 5.41) is 0.574. The molecular formula is C13H11ClN2O. The molecule has 0 fully saturated rings. The van der Waals surface area contributed by atoms with Gasteiger partial charge in [0, 0.05) is 11.2 Å². The van der Waals surface area contributed by atoms with E-state index in [4.69, 9.17) is 17.3 Å². The highest BCUT2D eigenvalue weighted by atomic mass is 35.5. The first kappa shape index (κ1) is 11.6. The van der Waals surface area contributed by atoms with Crippen LogP contribution in [0.5, 0.6) is 0 Å². The zero-order chi connectivity index (χ0) is 12.3. The molecule has 1 heterocycles. The molecule has 0 aliphatic rings. The average molecular weight is 247 g/mol. The molecule has 3 nitrogen and oxygen atoms in total.